The van der Waals surface area contributed by atoms with Crippen LogP contribution in [0.4, 0.5) is 0 Å². The van der Waals surface area contributed by atoms with Crippen LogP contribution >= 0.6 is 10.7 Å². The van der Waals surface area contributed by atoms with E-state index >= 15 is 0 Å². The maximum atomic E-state index is 11.4. The van der Waals surface area contributed by atoms with E-state index in [2.05, 4.69) is 10.2 Å². The lowest BCUT2D eigenvalue weighted by Crippen LogP contribution is -2.14. The smallest absolute Gasteiger partial charge is 0.296 e. The van der Waals surface area contributed by atoms with E-state index in [0.717, 1.165) is 6.42 Å². The molecule has 6 nitrogen and oxygen atoms in total. The Balaban J connectivity index is 3.00. The minimum Gasteiger partial charge on any atom is -0.385 e. The van der Waals surface area contributed by atoms with Crippen LogP contribution < -0.4 is 0 Å². The van der Waals surface area contributed by atoms with Gasteiger partial charge in [0.1, 0.15) is 5.82 Å². The molecule has 0 aliphatic rings. The van der Waals surface area contributed by atoms with Crippen molar-refractivity contribution in [2.75, 3.05) is 13.7 Å². The fourth-order valence-corrected chi connectivity index (χ4v) is 2.53. The third-order valence-corrected chi connectivity index (χ3v) is 3.46. The van der Waals surface area contributed by atoms with Crippen molar-refractivity contribution in [3.05, 3.63) is 5.82 Å². The molecule has 0 amide bonds. The molecule has 0 bridgehead atoms. The molecule has 18 heavy (non-hydrogen) atoms. The van der Waals surface area contributed by atoms with Gasteiger partial charge in [0, 0.05) is 37.4 Å². The van der Waals surface area contributed by atoms with Crippen molar-refractivity contribution in [3.8, 4) is 0 Å². The van der Waals surface area contributed by atoms with Crippen LogP contribution in [0.15, 0.2) is 5.16 Å². The Kier molecular flexibility index (Phi) is 5.55. The van der Waals surface area contributed by atoms with Gasteiger partial charge >= 0.3 is 0 Å². The number of aromatic nitrogens is 3. The van der Waals surface area contributed by atoms with Crippen LogP contribution in [0.25, 0.3) is 0 Å². The maximum Gasteiger partial charge on any atom is 0.296 e. The molecule has 0 aliphatic carbocycles. The number of halogens is 1. The summed E-state index contributed by atoms with van der Waals surface area (Å²) in [5.41, 5.74) is 0. The summed E-state index contributed by atoms with van der Waals surface area (Å²) in [5.74, 6) is 0.902. The van der Waals surface area contributed by atoms with E-state index in [1.807, 2.05) is 13.8 Å². The summed E-state index contributed by atoms with van der Waals surface area (Å²) in [4.78, 5) is 0. The molecule has 0 unspecified atom stereocenters. The molecule has 1 aromatic heterocycles. The second kappa shape index (κ2) is 6.49. The fraction of sp³-hybridized carbons (Fsp3) is 0.800. The summed E-state index contributed by atoms with van der Waals surface area (Å²) >= 11 is 0. The van der Waals surface area contributed by atoms with E-state index in [4.69, 9.17) is 15.4 Å². The molecule has 0 fully saturated rings. The lowest BCUT2D eigenvalue weighted by molar-refractivity contribution is 0.194. The normalized spacial score (nSPS) is 12.3. The first-order valence-electron chi connectivity index (χ1n) is 5.72. The molecular weight excluding hydrogens is 278 g/mol. The van der Waals surface area contributed by atoms with Gasteiger partial charge in [-0.1, -0.05) is 13.8 Å². The highest BCUT2D eigenvalue weighted by Crippen LogP contribution is 2.16. The van der Waals surface area contributed by atoms with Gasteiger partial charge in [-0.25, -0.2) is 8.42 Å². The number of hydrogen-bond donors (Lipinski definition) is 0. The van der Waals surface area contributed by atoms with E-state index in [-0.39, 0.29) is 11.1 Å². The Morgan fingerprint density at radius 2 is 2.06 bits per heavy atom. The van der Waals surface area contributed by atoms with E-state index < -0.39 is 9.05 Å². The molecule has 0 atom stereocenters. The topological polar surface area (TPSA) is 74.1 Å². The first kappa shape index (κ1) is 15.4. The SMILES string of the molecule is COCCCc1nnc(S(=O)(=O)Cl)n1CC(C)C. The summed E-state index contributed by atoms with van der Waals surface area (Å²) in [6, 6.07) is 0. The van der Waals surface area contributed by atoms with Gasteiger partial charge in [0.2, 0.25) is 0 Å². The highest BCUT2D eigenvalue weighted by atomic mass is 35.7. The zero-order valence-corrected chi connectivity index (χ0v) is 12.3. The molecular formula is C10H18ClN3O3S. The second-order valence-corrected chi connectivity index (χ2v) is 6.90. The van der Waals surface area contributed by atoms with Crippen molar-refractivity contribution in [1.29, 1.82) is 0 Å². The largest absolute Gasteiger partial charge is 0.385 e. The molecule has 0 aliphatic heterocycles. The third kappa shape index (κ3) is 4.22. The van der Waals surface area contributed by atoms with Gasteiger partial charge in [0.25, 0.3) is 14.2 Å². The van der Waals surface area contributed by atoms with Crippen molar-refractivity contribution < 1.29 is 13.2 Å². The Hall–Kier alpha value is -0.660. The van der Waals surface area contributed by atoms with Crippen LogP contribution in [-0.4, -0.2) is 36.9 Å². The van der Waals surface area contributed by atoms with Gasteiger partial charge in [-0.2, -0.15) is 0 Å². The molecule has 104 valence electrons. The average molecular weight is 296 g/mol. The summed E-state index contributed by atoms with van der Waals surface area (Å²) < 4.78 is 29.3. The third-order valence-electron chi connectivity index (χ3n) is 2.31. The van der Waals surface area contributed by atoms with Crippen LogP contribution in [0.2, 0.25) is 0 Å². The number of nitrogens with zero attached hydrogens (tertiary/aromatic N) is 3. The van der Waals surface area contributed by atoms with Crippen molar-refractivity contribution in [3.63, 3.8) is 0 Å². The van der Waals surface area contributed by atoms with Gasteiger partial charge in [-0.3, -0.25) is 0 Å². The fourth-order valence-electron chi connectivity index (χ4n) is 1.61. The number of aryl methyl sites for hydroxylation is 1. The quantitative estimate of drug-likeness (QED) is 0.562. The first-order chi connectivity index (χ1) is 8.36. The second-order valence-electron chi connectivity index (χ2n) is 4.44. The van der Waals surface area contributed by atoms with Crippen LogP contribution in [0.1, 0.15) is 26.1 Å². The number of methoxy groups -OCH3 is 1. The predicted molar refractivity (Wildman–Crippen MR) is 68.1 cm³/mol. The molecule has 1 rings (SSSR count). The molecule has 8 heteroatoms. The van der Waals surface area contributed by atoms with E-state index in [9.17, 15) is 8.42 Å². The Morgan fingerprint density at radius 3 is 2.56 bits per heavy atom. The van der Waals surface area contributed by atoms with E-state index in [1.165, 1.54) is 0 Å². The van der Waals surface area contributed by atoms with Crippen molar-refractivity contribution in [1.82, 2.24) is 14.8 Å². The Morgan fingerprint density at radius 1 is 1.39 bits per heavy atom. The van der Waals surface area contributed by atoms with E-state index in [0.29, 0.717) is 25.4 Å². The predicted octanol–water partition coefficient (Wildman–Crippen LogP) is 1.44. The number of ether oxygens (including phenoxy) is 1. The average Bonchev–Trinajstić information content (AvgIpc) is 2.60. The summed E-state index contributed by atoms with van der Waals surface area (Å²) in [5, 5.41) is 7.40. The van der Waals surface area contributed by atoms with E-state index in [1.54, 1.807) is 11.7 Å². The molecule has 0 saturated heterocycles. The molecule has 1 aromatic rings. The highest BCUT2D eigenvalue weighted by molar-refractivity contribution is 8.13. The van der Waals surface area contributed by atoms with Crippen LogP contribution in [-0.2, 0) is 26.8 Å². The molecule has 1 heterocycles. The molecule has 0 spiro atoms. The molecule has 0 aromatic carbocycles. The van der Waals surface area contributed by atoms with Crippen LogP contribution in [0, 0.1) is 5.92 Å². The zero-order valence-electron chi connectivity index (χ0n) is 10.8. The van der Waals surface area contributed by atoms with Crippen molar-refractivity contribution >= 4 is 19.7 Å². The number of rotatable bonds is 7. The molecule has 0 N–H and O–H groups in total. The van der Waals surface area contributed by atoms with Crippen molar-refractivity contribution in [2.24, 2.45) is 5.92 Å². The van der Waals surface area contributed by atoms with Crippen LogP contribution in [0.3, 0.4) is 0 Å². The Labute approximate surface area is 112 Å². The molecule has 0 saturated carbocycles. The summed E-state index contributed by atoms with van der Waals surface area (Å²) in [6.07, 6.45) is 1.37. The molecule has 0 radical (unpaired) electrons. The van der Waals surface area contributed by atoms with Gasteiger partial charge in [-0.15, -0.1) is 10.2 Å². The highest BCUT2D eigenvalue weighted by Gasteiger charge is 2.22. The van der Waals surface area contributed by atoms with Gasteiger partial charge in [0.05, 0.1) is 0 Å². The zero-order chi connectivity index (χ0) is 13.8. The lowest BCUT2D eigenvalue weighted by atomic mass is 10.2. The first-order valence-corrected chi connectivity index (χ1v) is 8.03. The monoisotopic (exact) mass is 295 g/mol. The maximum absolute atomic E-state index is 11.4. The van der Waals surface area contributed by atoms with Gasteiger partial charge < -0.3 is 9.30 Å². The standard InChI is InChI=1S/C10H18ClN3O3S/c1-8(2)7-14-9(5-4-6-17-3)12-13-10(14)18(11,15)16/h8H,4-7H2,1-3H3. The summed E-state index contributed by atoms with van der Waals surface area (Å²) in [7, 11) is 3.11. The Bertz CT molecular complexity index is 485. The van der Waals surface area contributed by atoms with Crippen molar-refractivity contribution in [2.45, 2.75) is 38.4 Å². The minimum atomic E-state index is -3.86. The van der Waals surface area contributed by atoms with Gasteiger partial charge in [-0.05, 0) is 12.3 Å². The lowest BCUT2D eigenvalue weighted by Gasteiger charge is -2.11. The minimum absolute atomic E-state index is 0.176. The van der Waals surface area contributed by atoms with Crippen LogP contribution in [0.5, 0.6) is 0 Å². The number of hydrogen-bond acceptors (Lipinski definition) is 5. The summed E-state index contributed by atoms with van der Waals surface area (Å²) in [6.45, 7) is 5.10. The van der Waals surface area contributed by atoms with Gasteiger partial charge in [0.15, 0.2) is 0 Å².